The monoisotopic (exact) mass is 460 g/mol. The third kappa shape index (κ3) is 4.72. The molecule has 2 aromatic carbocycles. The van der Waals surface area contributed by atoms with Crippen molar-refractivity contribution in [2.45, 2.75) is 33.6 Å². The number of ether oxygens (including phenoxy) is 2. The second-order valence-electron chi connectivity index (χ2n) is 8.47. The second kappa shape index (κ2) is 10.6. The zero-order chi connectivity index (χ0) is 24.1. The van der Waals surface area contributed by atoms with Gasteiger partial charge in [-0.1, -0.05) is 42.5 Å². The molecule has 1 amide bonds. The van der Waals surface area contributed by atoms with Crippen LogP contribution in [0, 0.1) is 12.8 Å². The number of likely N-dealkylation sites (tertiary alicyclic amines) is 1. The molecule has 178 valence electrons. The zero-order valence-corrected chi connectivity index (χ0v) is 20.1. The number of hydrogen-bond acceptors (Lipinski definition) is 4. The number of aromatic nitrogens is 1. The molecule has 1 saturated heterocycles. The van der Waals surface area contributed by atoms with Gasteiger partial charge in [0.1, 0.15) is 5.75 Å². The van der Waals surface area contributed by atoms with Crippen molar-refractivity contribution in [3.05, 3.63) is 71.9 Å². The fourth-order valence-corrected chi connectivity index (χ4v) is 4.66. The van der Waals surface area contributed by atoms with Gasteiger partial charge >= 0.3 is 5.97 Å². The van der Waals surface area contributed by atoms with E-state index in [0.29, 0.717) is 31.9 Å². The van der Waals surface area contributed by atoms with Gasteiger partial charge in [-0.05, 0) is 57.4 Å². The molecule has 4 rings (SSSR count). The van der Waals surface area contributed by atoms with Crippen LogP contribution in [-0.2, 0) is 9.53 Å². The second-order valence-corrected chi connectivity index (χ2v) is 8.47. The topological polar surface area (TPSA) is 60.8 Å². The van der Waals surface area contributed by atoms with E-state index in [-0.39, 0.29) is 17.8 Å². The number of rotatable bonds is 7. The maximum Gasteiger partial charge on any atom is 0.310 e. The molecule has 1 fully saturated rings. The molecule has 0 spiro atoms. The Morgan fingerprint density at radius 1 is 1.00 bits per heavy atom. The molecule has 0 aliphatic carbocycles. The minimum Gasteiger partial charge on any atom is -0.492 e. The Balaban J connectivity index is 1.76. The van der Waals surface area contributed by atoms with Crippen molar-refractivity contribution in [1.82, 2.24) is 9.47 Å². The van der Waals surface area contributed by atoms with Gasteiger partial charge in [0.05, 0.1) is 36.1 Å². The van der Waals surface area contributed by atoms with Crippen molar-refractivity contribution in [2.24, 2.45) is 5.92 Å². The largest absolute Gasteiger partial charge is 0.492 e. The van der Waals surface area contributed by atoms with Crippen LogP contribution in [0.5, 0.6) is 5.75 Å². The van der Waals surface area contributed by atoms with E-state index >= 15 is 0 Å². The highest BCUT2D eigenvalue weighted by molar-refractivity contribution is 5.97. The van der Waals surface area contributed by atoms with Crippen LogP contribution in [-0.4, -0.2) is 47.6 Å². The van der Waals surface area contributed by atoms with E-state index in [0.717, 1.165) is 41.2 Å². The van der Waals surface area contributed by atoms with Crippen molar-refractivity contribution in [3.63, 3.8) is 0 Å². The summed E-state index contributed by atoms with van der Waals surface area (Å²) < 4.78 is 13.2. The summed E-state index contributed by atoms with van der Waals surface area (Å²) in [5.74, 6) is 0.216. The van der Waals surface area contributed by atoms with Crippen molar-refractivity contribution in [1.29, 1.82) is 0 Å². The van der Waals surface area contributed by atoms with Gasteiger partial charge in [0.25, 0.3) is 5.91 Å². The van der Waals surface area contributed by atoms with E-state index in [1.165, 1.54) is 0 Å². The Hall–Kier alpha value is -3.54. The minimum atomic E-state index is -0.271. The first-order valence-corrected chi connectivity index (χ1v) is 12.0. The van der Waals surface area contributed by atoms with Gasteiger partial charge in [0.15, 0.2) is 0 Å². The highest BCUT2D eigenvalue weighted by Crippen LogP contribution is 2.34. The Labute approximate surface area is 201 Å². The van der Waals surface area contributed by atoms with Crippen LogP contribution in [0.4, 0.5) is 0 Å². The molecule has 34 heavy (non-hydrogen) atoms. The van der Waals surface area contributed by atoms with Crippen molar-refractivity contribution in [2.75, 3.05) is 26.3 Å². The average molecular weight is 461 g/mol. The first-order chi connectivity index (χ1) is 16.5. The third-order valence-corrected chi connectivity index (χ3v) is 6.28. The quantitative estimate of drug-likeness (QED) is 0.451. The lowest BCUT2D eigenvalue weighted by Crippen LogP contribution is -2.43. The number of nitrogens with zero attached hydrogens (tertiary/aromatic N) is 2. The van der Waals surface area contributed by atoms with Gasteiger partial charge in [0, 0.05) is 18.8 Å². The Bertz CT molecular complexity index is 1150. The summed E-state index contributed by atoms with van der Waals surface area (Å²) in [6.07, 6.45) is 1.54. The van der Waals surface area contributed by atoms with E-state index in [9.17, 15) is 9.59 Å². The van der Waals surface area contributed by atoms with Crippen LogP contribution in [0.2, 0.25) is 0 Å². The molecule has 1 aliphatic heterocycles. The smallest absolute Gasteiger partial charge is 0.310 e. The highest BCUT2D eigenvalue weighted by atomic mass is 16.5. The van der Waals surface area contributed by atoms with Crippen LogP contribution < -0.4 is 4.74 Å². The number of amides is 1. The lowest BCUT2D eigenvalue weighted by atomic mass is 9.97. The SMILES string of the molecule is CCOC(=O)C1CCCN(C(=O)c2cc(-c3ccccc3)n(-c3ccccc3OCC)c2C)C1. The van der Waals surface area contributed by atoms with E-state index in [2.05, 4.69) is 4.57 Å². The van der Waals surface area contributed by atoms with Gasteiger partial charge in [-0.3, -0.25) is 9.59 Å². The van der Waals surface area contributed by atoms with Gasteiger partial charge in [0.2, 0.25) is 0 Å². The Morgan fingerprint density at radius 2 is 1.74 bits per heavy atom. The number of piperidine rings is 1. The number of carbonyl (C=O) groups is 2. The van der Waals surface area contributed by atoms with E-state index in [1.807, 2.05) is 74.5 Å². The maximum atomic E-state index is 13.7. The van der Waals surface area contributed by atoms with Gasteiger partial charge in [-0.2, -0.15) is 0 Å². The fourth-order valence-electron chi connectivity index (χ4n) is 4.66. The standard InChI is InChI=1S/C28H32N2O4/c1-4-33-26-16-10-9-15-24(26)30-20(3)23(18-25(30)21-12-7-6-8-13-21)27(31)29-17-11-14-22(19-29)28(32)34-5-2/h6-10,12-13,15-16,18,22H,4-5,11,14,17,19H2,1-3H3. The number of carbonyl (C=O) groups excluding carboxylic acids is 2. The number of para-hydroxylation sites is 2. The minimum absolute atomic E-state index is 0.0590. The van der Waals surface area contributed by atoms with Gasteiger partial charge < -0.3 is 18.9 Å². The van der Waals surface area contributed by atoms with Gasteiger partial charge in [-0.15, -0.1) is 0 Å². The van der Waals surface area contributed by atoms with Crippen LogP contribution in [0.3, 0.4) is 0 Å². The molecule has 3 aromatic rings. The molecular weight excluding hydrogens is 428 g/mol. The van der Waals surface area contributed by atoms with Crippen molar-refractivity contribution in [3.8, 4) is 22.7 Å². The number of benzene rings is 2. The lowest BCUT2D eigenvalue weighted by Gasteiger charge is -2.31. The molecule has 6 heteroatoms. The van der Waals surface area contributed by atoms with Crippen LogP contribution >= 0.6 is 0 Å². The fraction of sp³-hybridized carbons (Fsp3) is 0.357. The number of hydrogen-bond donors (Lipinski definition) is 0. The summed E-state index contributed by atoms with van der Waals surface area (Å²) in [5.41, 5.74) is 4.30. The Kier molecular flexibility index (Phi) is 7.36. The van der Waals surface area contributed by atoms with E-state index in [4.69, 9.17) is 9.47 Å². The Morgan fingerprint density at radius 3 is 2.47 bits per heavy atom. The molecule has 1 aliphatic rings. The molecule has 0 radical (unpaired) electrons. The predicted molar refractivity (Wildman–Crippen MR) is 132 cm³/mol. The summed E-state index contributed by atoms with van der Waals surface area (Å²) in [5, 5.41) is 0. The predicted octanol–water partition coefficient (Wildman–Crippen LogP) is 5.27. The van der Waals surface area contributed by atoms with Crippen LogP contribution in [0.15, 0.2) is 60.7 Å². The molecule has 0 bridgehead atoms. The molecule has 6 nitrogen and oxygen atoms in total. The molecule has 0 N–H and O–H groups in total. The summed E-state index contributed by atoms with van der Waals surface area (Å²) in [6.45, 7) is 7.66. The summed E-state index contributed by atoms with van der Waals surface area (Å²) >= 11 is 0. The van der Waals surface area contributed by atoms with Crippen LogP contribution in [0.25, 0.3) is 16.9 Å². The third-order valence-electron chi connectivity index (χ3n) is 6.28. The molecule has 1 unspecified atom stereocenters. The van der Waals surface area contributed by atoms with E-state index < -0.39 is 0 Å². The highest BCUT2D eigenvalue weighted by Gasteiger charge is 2.32. The molecule has 2 heterocycles. The molecule has 1 aromatic heterocycles. The zero-order valence-electron chi connectivity index (χ0n) is 20.1. The average Bonchev–Trinajstić information content (AvgIpc) is 3.21. The normalized spacial score (nSPS) is 15.7. The summed E-state index contributed by atoms with van der Waals surface area (Å²) in [7, 11) is 0. The summed E-state index contributed by atoms with van der Waals surface area (Å²) in [4.78, 5) is 27.8. The number of esters is 1. The lowest BCUT2D eigenvalue weighted by molar-refractivity contribution is -0.149. The van der Waals surface area contributed by atoms with Gasteiger partial charge in [-0.25, -0.2) is 0 Å². The molecular formula is C28H32N2O4. The van der Waals surface area contributed by atoms with Crippen molar-refractivity contribution >= 4 is 11.9 Å². The van der Waals surface area contributed by atoms with E-state index in [1.54, 1.807) is 11.8 Å². The summed E-state index contributed by atoms with van der Waals surface area (Å²) in [6, 6.07) is 19.9. The molecule has 1 atom stereocenters. The van der Waals surface area contributed by atoms with Crippen LogP contribution in [0.1, 0.15) is 42.7 Å². The first kappa shape index (κ1) is 23.6. The first-order valence-electron chi connectivity index (χ1n) is 12.0. The molecule has 0 saturated carbocycles. The maximum absolute atomic E-state index is 13.7. The van der Waals surface area contributed by atoms with Crippen molar-refractivity contribution < 1.29 is 19.1 Å².